The fraction of sp³-hybridized carbons (Fsp3) is 0.182. The molecule has 0 amide bonds. The number of anilines is 1. The van der Waals surface area contributed by atoms with E-state index < -0.39 is 0 Å². The van der Waals surface area contributed by atoms with E-state index in [4.69, 9.17) is 10.5 Å². The van der Waals surface area contributed by atoms with Crippen molar-refractivity contribution >= 4 is 5.82 Å². The van der Waals surface area contributed by atoms with Gasteiger partial charge in [-0.1, -0.05) is 49.4 Å². The van der Waals surface area contributed by atoms with Crippen molar-refractivity contribution in [1.29, 1.82) is 5.26 Å². The number of hydrogen-bond acceptors (Lipinski definition) is 4. The first-order chi connectivity index (χ1) is 12.6. The van der Waals surface area contributed by atoms with Crippen LogP contribution in [0.1, 0.15) is 29.3 Å². The van der Waals surface area contributed by atoms with Crippen LogP contribution in [0, 0.1) is 18.3 Å². The van der Waals surface area contributed by atoms with Crippen molar-refractivity contribution < 1.29 is 4.74 Å². The summed E-state index contributed by atoms with van der Waals surface area (Å²) in [5, 5.41) is 9.59. The highest BCUT2D eigenvalue weighted by Gasteiger charge is 2.17. The van der Waals surface area contributed by atoms with Gasteiger partial charge >= 0.3 is 0 Å². The van der Waals surface area contributed by atoms with E-state index in [0.717, 1.165) is 40.1 Å². The molecule has 2 aromatic carbocycles. The minimum absolute atomic E-state index is 0.271. The summed E-state index contributed by atoms with van der Waals surface area (Å²) in [6.45, 7) is 4.48. The van der Waals surface area contributed by atoms with E-state index in [1.807, 2.05) is 61.5 Å². The van der Waals surface area contributed by atoms with Crippen LogP contribution in [0.5, 0.6) is 5.75 Å². The number of aromatic nitrogens is 1. The SMILES string of the molecule is CCc1c(C)nc(N)c(C#N)c1-c1cccc(OCc2ccccc2)c1. The van der Waals surface area contributed by atoms with Crippen LogP contribution in [0.25, 0.3) is 11.1 Å². The standard InChI is InChI=1S/C22H21N3O/c1-3-19-15(2)25-22(24)20(13-23)21(19)17-10-7-11-18(12-17)26-14-16-8-5-4-6-9-16/h4-12H,3,14H2,1-2H3,(H2,24,25). The van der Waals surface area contributed by atoms with E-state index in [-0.39, 0.29) is 5.82 Å². The largest absolute Gasteiger partial charge is 0.489 e. The van der Waals surface area contributed by atoms with Crippen LogP contribution in [0.15, 0.2) is 54.6 Å². The molecule has 0 radical (unpaired) electrons. The summed E-state index contributed by atoms with van der Waals surface area (Å²) >= 11 is 0. The molecule has 1 aromatic heterocycles. The molecular weight excluding hydrogens is 322 g/mol. The molecule has 0 bridgehead atoms. The van der Waals surface area contributed by atoms with Crippen LogP contribution >= 0.6 is 0 Å². The lowest BCUT2D eigenvalue weighted by atomic mass is 9.93. The van der Waals surface area contributed by atoms with E-state index in [1.165, 1.54) is 0 Å². The average Bonchev–Trinajstić information content (AvgIpc) is 2.67. The molecule has 0 saturated heterocycles. The number of aryl methyl sites for hydroxylation is 1. The van der Waals surface area contributed by atoms with Crippen LogP contribution in [-0.4, -0.2) is 4.98 Å². The topological polar surface area (TPSA) is 71.9 Å². The second-order valence-electron chi connectivity index (χ2n) is 6.08. The normalized spacial score (nSPS) is 10.3. The summed E-state index contributed by atoms with van der Waals surface area (Å²) in [5.74, 6) is 1.03. The number of benzene rings is 2. The van der Waals surface area contributed by atoms with Crippen molar-refractivity contribution in [3.8, 4) is 22.9 Å². The van der Waals surface area contributed by atoms with Crippen molar-refractivity contribution in [2.24, 2.45) is 0 Å². The van der Waals surface area contributed by atoms with Crippen LogP contribution in [-0.2, 0) is 13.0 Å². The van der Waals surface area contributed by atoms with Crippen LogP contribution in [0.3, 0.4) is 0 Å². The number of nitrogen functional groups attached to an aromatic ring is 1. The highest BCUT2D eigenvalue weighted by Crippen LogP contribution is 2.34. The maximum Gasteiger partial charge on any atom is 0.142 e. The highest BCUT2D eigenvalue weighted by atomic mass is 16.5. The van der Waals surface area contributed by atoms with E-state index >= 15 is 0 Å². The molecule has 0 saturated carbocycles. The zero-order valence-electron chi connectivity index (χ0n) is 15.0. The Kier molecular flexibility index (Phi) is 5.19. The molecule has 0 spiro atoms. The minimum atomic E-state index is 0.271. The van der Waals surface area contributed by atoms with Crippen LogP contribution in [0.2, 0.25) is 0 Å². The quantitative estimate of drug-likeness (QED) is 0.732. The van der Waals surface area contributed by atoms with Gasteiger partial charge in [0, 0.05) is 11.3 Å². The van der Waals surface area contributed by atoms with Gasteiger partial charge in [-0.25, -0.2) is 4.98 Å². The van der Waals surface area contributed by atoms with Crippen molar-refractivity contribution in [3.63, 3.8) is 0 Å². The van der Waals surface area contributed by atoms with Crippen LogP contribution < -0.4 is 10.5 Å². The molecule has 0 aliphatic heterocycles. The second-order valence-corrected chi connectivity index (χ2v) is 6.08. The molecule has 0 fully saturated rings. The zero-order chi connectivity index (χ0) is 18.5. The molecule has 26 heavy (non-hydrogen) atoms. The Morgan fingerprint density at radius 3 is 2.58 bits per heavy atom. The van der Waals surface area contributed by atoms with Crippen molar-refractivity contribution in [2.45, 2.75) is 26.9 Å². The molecule has 0 unspecified atom stereocenters. The van der Waals surface area contributed by atoms with Crippen molar-refractivity contribution in [1.82, 2.24) is 4.98 Å². The molecule has 4 heteroatoms. The molecule has 0 aliphatic carbocycles. The molecular formula is C22H21N3O. The molecule has 4 nitrogen and oxygen atoms in total. The maximum absolute atomic E-state index is 9.59. The van der Waals surface area contributed by atoms with Gasteiger partial charge in [0.15, 0.2) is 0 Å². The first-order valence-corrected chi connectivity index (χ1v) is 8.60. The smallest absolute Gasteiger partial charge is 0.142 e. The number of pyridine rings is 1. The molecule has 3 rings (SSSR count). The summed E-state index contributed by atoms with van der Waals surface area (Å²) in [6, 6.07) is 20.0. The van der Waals surface area contributed by atoms with E-state index in [0.29, 0.717) is 12.2 Å². The maximum atomic E-state index is 9.59. The fourth-order valence-corrected chi connectivity index (χ4v) is 3.11. The van der Waals surface area contributed by atoms with Gasteiger partial charge in [-0.15, -0.1) is 0 Å². The number of nitrogens with zero attached hydrogens (tertiary/aromatic N) is 2. The number of nitriles is 1. The number of rotatable bonds is 5. The summed E-state index contributed by atoms with van der Waals surface area (Å²) < 4.78 is 5.93. The molecule has 130 valence electrons. The number of ether oxygens (including phenoxy) is 1. The third-order valence-corrected chi connectivity index (χ3v) is 4.37. The van der Waals surface area contributed by atoms with Gasteiger partial charge in [0.1, 0.15) is 29.8 Å². The Morgan fingerprint density at radius 1 is 1.12 bits per heavy atom. The van der Waals surface area contributed by atoms with Gasteiger partial charge in [-0.2, -0.15) is 5.26 Å². The molecule has 0 aliphatic rings. The number of hydrogen-bond donors (Lipinski definition) is 1. The van der Waals surface area contributed by atoms with Crippen molar-refractivity contribution in [3.05, 3.63) is 77.0 Å². The first kappa shape index (κ1) is 17.5. The molecule has 2 N–H and O–H groups in total. The van der Waals surface area contributed by atoms with Gasteiger partial charge in [0.05, 0.1) is 0 Å². The molecule has 3 aromatic rings. The predicted molar refractivity (Wildman–Crippen MR) is 104 cm³/mol. The van der Waals surface area contributed by atoms with E-state index in [2.05, 4.69) is 18.0 Å². The van der Waals surface area contributed by atoms with Gasteiger partial charge in [0.25, 0.3) is 0 Å². The average molecular weight is 343 g/mol. The Balaban J connectivity index is 1.99. The monoisotopic (exact) mass is 343 g/mol. The van der Waals surface area contributed by atoms with Gasteiger partial charge in [-0.05, 0) is 42.2 Å². The Morgan fingerprint density at radius 2 is 1.88 bits per heavy atom. The molecule has 1 heterocycles. The summed E-state index contributed by atoms with van der Waals surface area (Å²) in [7, 11) is 0. The third-order valence-electron chi connectivity index (χ3n) is 4.37. The van der Waals surface area contributed by atoms with E-state index in [9.17, 15) is 5.26 Å². The lowest BCUT2D eigenvalue weighted by Gasteiger charge is -2.15. The van der Waals surface area contributed by atoms with Crippen molar-refractivity contribution in [2.75, 3.05) is 5.73 Å². The molecule has 0 atom stereocenters. The highest BCUT2D eigenvalue weighted by molar-refractivity contribution is 5.79. The zero-order valence-corrected chi connectivity index (χ0v) is 15.0. The summed E-state index contributed by atoms with van der Waals surface area (Å²) in [5.41, 5.74) is 11.2. The summed E-state index contributed by atoms with van der Waals surface area (Å²) in [4.78, 5) is 4.32. The van der Waals surface area contributed by atoms with Crippen LogP contribution in [0.4, 0.5) is 5.82 Å². The Bertz CT molecular complexity index is 959. The predicted octanol–water partition coefficient (Wildman–Crippen LogP) is 4.65. The Labute approximate surface area is 153 Å². The Hall–Kier alpha value is -3.32. The van der Waals surface area contributed by atoms with E-state index in [1.54, 1.807) is 0 Å². The summed E-state index contributed by atoms with van der Waals surface area (Å²) in [6.07, 6.45) is 0.776. The van der Waals surface area contributed by atoms with Gasteiger partial charge in [-0.3, -0.25) is 0 Å². The minimum Gasteiger partial charge on any atom is -0.489 e. The first-order valence-electron chi connectivity index (χ1n) is 8.60. The second kappa shape index (κ2) is 7.71. The van der Waals surface area contributed by atoms with Gasteiger partial charge in [0.2, 0.25) is 0 Å². The van der Waals surface area contributed by atoms with Gasteiger partial charge < -0.3 is 10.5 Å². The fourth-order valence-electron chi connectivity index (χ4n) is 3.11. The lowest BCUT2D eigenvalue weighted by Crippen LogP contribution is -2.05. The third kappa shape index (κ3) is 3.52. The number of nitrogens with two attached hydrogens (primary N) is 1. The lowest BCUT2D eigenvalue weighted by molar-refractivity contribution is 0.306.